The number of carboxylic acids is 1. The van der Waals surface area contributed by atoms with E-state index in [0.717, 1.165) is 11.3 Å². The van der Waals surface area contributed by atoms with Gasteiger partial charge in [0.1, 0.15) is 18.2 Å². The Labute approximate surface area is 139 Å². The van der Waals surface area contributed by atoms with Crippen LogP contribution in [-0.4, -0.2) is 24.8 Å². The summed E-state index contributed by atoms with van der Waals surface area (Å²) >= 11 is 0. The number of aliphatic carboxylic acids is 1. The molecule has 0 unspecified atom stereocenters. The Morgan fingerprint density at radius 2 is 2.00 bits per heavy atom. The van der Waals surface area contributed by atoms with Gasteiger partial charge in [-0.15, -0.1) is 0 Å². The number of methoxy groups -OCH3 is 1. The number of fused-ring (bicyclic) bond motifs is 1. The Balaban J connectivity index is 2.03. The highest BCUT2D eigenvalue weighted by molar-refractivity contribution is 5.97. The molecule has 124 valence electrons. The van der Waals surface area contributed by atoms with Crippen molar-refractivity contribution >= 4 is 11.5 Å². The van der Waals surface area contributed by atoms with Crippen molar-refractivity contribution in [3.63, 3.8) is 0 Å². The molecule has 0 amide bonds. The van der Waals surface area contributed by atoms with Gasteiger partial charge in [-0.3, -0.25) is 0 Å². The van der Waals surface area contributed by atoms with Gasteiger partial charge in [0.25, 0.3) is 0 Å². The van der Waals surface area contributed by atoms with Gasteiger partial charge in [-0.05, 0) is 41.0 Å². The number of carbonyl (C=O) groups is 1. The molecule has 1 aliphatic heterocycles. The summed E-state index contributed by atoms with van der Waals surface area (Å²) in [6, 6.07) is 5.85. The molecule has 24 heavy (non-hydrogen) atoms. The lowest BCUT2D eigenvalue weighted by atomic mass is 9.93. The second-order valence-corrected chi connectivity index (χ2v) is 5.54. The molecule has 2 aliphatic rings. The lowest BCUT2D eigenvalue weighted by Gasteiger charge is -2.10. The van der Waals surface area contributed by atoms with Gasteiger partial charge in [-0.2, -0.15) is 0 Å². The Bertz CT molecular complexity index is 782. The minimum Gasteiger partial charge on any atom is -0.501 e. The quantitative estimate of drug-likeness (QED) is 0.916. The minimum atomic E-state index is -1.03. The first kappa shape index (κ1) is 16.1. The van der Waals surface area contributed by atoms with E-state index in [9.17, 15) is 14.3 Å². The summed E-state index contributed by atoms with van der Waals surface area (Å²) in [4.78, 5) is 11.6. The Kier molecular flexibility index (Phi) is 4.51. The molecule has 5 heteroatoms. The number of rotatable bonds is 3. The van der Waals surface area contributed by atoms with Crippen molar-refractivity contribution in [3.05, 3.63) is 76.5 Å². The summed E-state index contributed by atoms with van der Waals surface area (Å²) in [7, 11) is 1.61. The molecule has 0 radical (unpaired) electrons. The molecule has 4 nitrogen and oxygen atoms in total. The van der Waals surface area contributed by atoms with Gasteiger partial charge in [0.2, 0.25) is 0 Å². The number of hydrogen-bond donors (Lipinski definition) is 1. The third-order valence-corrected chi connectivity index (χ3v) is 4.10. The van der Waals surface area contributed by atoms with Crippen LogP contribution in [0.1, 0.15) is 18.4 Å². The highest BCUT2D eigenvalue weighted by Crippen LogP contribution is 2.35. The molecule has 0 atom stereocenters. The molecule has 0 saturated heterocycles. The first-order valence-electron chi connectivity index (χ1n) is 7.57. The first-order chi connectivity index (χ1) is 11.6. The van der Waals surface area contributed by atoms with Crippen LogP contribution in [0, 0.1) is 5.82 Å². The standard InChI is InChI=1S/C19H17FO4/c1-23-15-7-4-13-10-16(12-2-5-14(20)6-3-12)17(19(21)22)11-24-18(13)9-8-15/h2-6,8-9H,7,10-11H2,1H3,(H,21,22). The lowest BCUT2D eigenvalue weighted by Crippen LogP contribution is -2.08. The van der Waals surface area contributed by atoms with Crippen LogP contribution in [0.4, 0.5) is 4.39 Å². The van der Waals surface area contributed by atoms with Crippen LogP contribution in [-0.2, 0) is 14.3 Å². The molecular weight excluding hydrogens is 311 g/mol. The SMILES string of the molecule is COC1=CC=C2OCC(C(=O)O)=C(c3ccc(F)cc3)CC2=CC1. The van der Waals surface area contributed by atoms with Crippen LogP contribution in [0.15, 0.2) is 65.2 Å². The van der Waals surface area contributed by atoms with Crippen LogP contribution < -0.4 is 0 Å². The van der Waals surface area contributed by atoms with Gasteiger partial charge in [-0.25, -0.2) is 9.18 Å². The number of halogens is 1. The molecule has 0 aromatic heterocycles. The van der Waals surface area contributed by atoms with Crippen molar-refractivity contribution in [2.45, 2.75) is 12.8 Å². The molecule has 1 N–H and O–H groups in total. The summed E-state index contributed by atoms with van der Waals surface area (Å²) in [5.41, 5.74) is 2.41. The van der Waals surface area contributed by atoms with E-state index in [4.69, 9.17) is 9.47 Å². The summed E-state index contributed by atoms with van der Waals surface area (Å²) in [6.07, 6.45) is 6.60. The number of allylic oxidation sites excluding steroid dienone is 5. The van der Waals surface area contributed by atoms with Crippen molar-refractivity contribution in [1.82, 2.24) is 0 Å². The zero-order valence-corrected chi connectivity index (χ0v) is 13.2. The lowest BCUT2D eigenvalue weighted by molar-refractivity contribution is -0.133. The minimum absolute atomic E-state index is 0.0403. The predicted molar refractivity (Wildman–Crippen MR) is 87.4 cm³/mol. The van der Waals surface area contributed by atoms with E-state index in [1.807, 2.05) is 12.2 Å². The van der Waals surface area contributed by atoms with Gasteiger partial charge >= 0.3 is 5.97 Å². The average molecular weight is 328 g/mol. The van der Waals surface area contributed by atoms with Crippen LogP contribution >= 0.6 is 0 Å². The molecule has 1 aromatic rings. The normalized spacial score (nSPS) is 17.5. The molecule has 1 aliphatic carbocycles. The summed E-state index contributed by atoms with van der Waals surface area (Å²) in [5, 5.41) is 9.54. The van der Waals surface area contributed by atoms with Crippen molar-refractivity contribution in [3.8, 4) is 0 Å². The summed E-state index contributed by atoms with van der Waals surface area (Å²) < 4.78 is 24.2. The van der Waals surface area contributed by atoms with Crippen LogP contribution in [0.5, 0.6) is 0 Å². The second kappa shape index (κ2) is 6.74. The number of hydrogen-bond acceptors (Lipinski definition) is 3. The summed E-state index contributed by atoms with van der Waals surface area (Å²) in [5.74, 6) is 0.0553. The third-order valence-electron chi connectivity index (χ3n) is 4.10. The van der Waals surface area contributed by atoms with Crippen LogP contribution in [0.3, 0.4) is 0 Å². The molecule has 0 saturated carbocycles. The first-order valence-corrected chi connectivity index (χ1v) is 7.57. The maximum atomic E-state index is 13.2. The monoisotopic (exact) mass is 328 g/mol. The number of carboxylic acid groups (broad SMARTS) is 1. The number of benzene rings is 1. The molecule has 1 aromatic carbocycles. The Morgan fingerprint density at radius 3 is 2.67 bits per heavy atom. The zero-order valence-electron chi connectivity index (χ0n) is 13.2. The smallest absolute Gasteiger partial charge is 0.335 e. The van der Waals surface area contributed by atoms with Gasteiger partial charge < -0.3 is 14.6 Å². The largest absolute Gasteiger partial charge is 0.501 e. The second-order valence-electron chi connectivity index (χ2n) is 5.54. The molecule has 0 fully saturated rings. The van der Waals surface area contributed by atoms with Crippen molar-refractivity contribution in [2.75, 3.05) is 13.7 Å². The van der Waals surface area contributed by atoms with Crippen LogP contribution in [0.2, 0.25) is 0 Å². The third kappa shape index (κ3) is 3.25. The van der Waals surface area contributed by atoms with Gasteiger partial charge in [0.05, 0.1) is 18.4 Å². The molecular formula is C19H17FO4. The van der Waals surface area contributed by atoms with E-state index in [1.54, 1.807) is 25.3 Å². The highest BCUT2D eigenvalue weighted by atomic mass is 19.1. The predicted octanol–water partition coefficient (Wildman–Crippen LogP) is 3.83. The topological polar surface area (TPSA) is 55.8 Å². The fourth-order valence-corrected chi connectivity index (χ4v) is 2.77. The molecule has 0 spiro atoms. The fraction of sp³-hybridized carbons (Fsp3) is 0.211. The van der Waals surface area contributed by atoms with E-state index in [0.29, 0.717) is 29.7 Å². The zero-order chi connectivity index (χ0) is 17.1. The van der Waals surface area contributed by atoms with Gasteiger partial charge in [-0.1, -0.05) is 18.2 Å². The molecule has 1 heterocycles. The molecule has 3 rings (SSSR count). The van der Waals surface area contributed by atoms with Crippen molar-refractivity contribution < 1.29 is 23.8 Å². The fourth-order valence-electron chi connectivity index (χ4n) is 2.77. The van der Waals surface area contributed by atoms with Crippen LogP contribution in [0.25, 0.3) is 5.57 Å². The number of ether oxygens (including phenoxy) is 2. The maximum Gasteiger partial charge on any atom is 0.335 e. The maximum absolute atomic E-state index is 13.2. The van der Waals surface area contributed by atoms with E-state index >= 15 is 0 Å². The van der Waals surface area contributed by atoms with Gasteiger partial charge in [0.15, 0.2) is 0 Å². The van der Waals surface area contributed by atoms with Crippen molar-refractivity contribution in [2.24, 2.45) is 0 Å². The average Bonchev–Trinajstić information content (AvgIpc) is 2.87. The van der Waals surface area contributed by atoms with Gasteiger partial charge in [0, 0.05) is 12.8 Å². The molecule has 0 bridgehead atoms. The highest BCUT2D eigenvalue weighted by Gasteiger charge is 2.24. The van der Waals surface area contributed by atoms with E-state index < -0.39 is 5.97 Å². The Morgan fingerprint density at radius 1 is 1.25 bits per heavy atom. The van der Waals surface area contributed by atoms with E-state index in [-0.39, 0.29) is 18.0 Å². The van der Waals surface area contributed by atoms with E-state index in [2.05, 4.69) is 0 Å². The van der Waals surface area contributed by atoms with Crippen molar-refractivity contribution in [1.29, 1.82) is 0 Å². The Hall–Kier alpha value is -2.82. The van der Waals surface area contributed by atoms with E-state index in [1.165, 1.54) is 12.1 Å². The summed E-state index contributed by atoms with van der Waals surface area (Å²) in [6.45, 7) is -0.0403.